The normalized spacial score (nSPS) is 11.4. The molecule has 5 nitrogen and oxygen atoms in total. The number of anilines is 1. The number of hydrogen-bond donors (Lipinski definition) is 1. The number of halogens is 1. The summed E-state index contributed by atoms with van der Waals surface area (Å²) in [4.78, 5) is 12.1. The van der Waals surface area contributed by atoms with Gasteiger partial charge < -0.3 is 5.32 Å². The van der Waals surface area contributed by atoms with E-state index in [9.17, 15) is 13.2 Å². The third-order valence-electron chi connectivity index (χ3n) is 3.71. The first-order valence-electron chi connectivity index (χ1n) is 8.27. The van der Waals surface area contributed by atoms with E-state index >= 15 is 0 Å². The molecule has 140 valence electrons. The number of sulfonamides is 1. The predicted octanol–water partition coefficient (Wildman–Crippen LogP) is 3.69. The van der Waals surface area contributed by atoms with Crippen molar-refractivity contribution < 1.29 is 13.2 Å². The molecular formula is C19H23ClN2O3S. The van der Waals surface area contributed by atoms with Crippen molar-refractivity contribution in [1.29, 1.82) is 0 Å². The first-order valence-corrected chi connectivity index (χ1v) is 10.5. The van der Waals surface area contributed by atoms with E-state index in [1.165, 1.54) is 4.31 Å². The largest absolute Gasteiger partial charge is 0.352 e. The Balaban J connectivity index is 2.18. The lowest BCUT2D eigenvalue weighted by Crippen LogP contribution is -2.29. The Bertz CT molecular complexity index is 865. The molecule has 0 saturated heterocycles. The van der Waals surface area contributed by atoms with Gasteiger partial charge in [-0.15, -0.1) is 0 Å². The first kappa shape index (κ1) is 20.3. The Morgan fingerprint density at radius 3 is 2.35 bits per heavy atom. The number of carbonyl (C=O) groups excluding carboxylic acids is 1. The van der Waals surface area contributed by atoms with Crippen LogP contribution in [0.3, 0.4) is 0 Å². The summed E-state index contributed by atoms with van der Waals surface area (Å²) >= 11 is 5.98. The third kappa shape index (κ3) is 5.75. The van der Waals surface area contributed by atoms with Crippen molar-refractivity contribution in [3.63, 3.8) is 0 Å². The standard InChI is InChI=1S/C19H23ClN2O3S/c1-14(2)12-21-19(23)16-9-7-15(8-10-16)13-22(26(3,24)25)18-6-4-5-17(20)11-18/h4-11,14H,12-13H2,1-3H3,(H,21,23). The molecule has 2 rings (SSSR count). The SMILES string of the molecule is CC(C)CNC(=O)c1ccc(CN(c2cccc(Cl)c2)S(C)(=O)=O)cc1. The number of carbonyl (C=O) groups is 1. The third-order valence-corrected chi connectivity index (χ3v) is 5.09. The molecule has 0 spiro atoms. The van der Waals surface area contributed by atoms with Crippen LogP contribution < -0.4 is 9.62 Å². The summed E-state index contributed by atoms with van der Waals surface area (Å²) in [6, 6.07) is 13.6. The maximum atomic E-state index is 12.2. The Labute approximate surface area is 160 Å². The van der Waals surface area contributed by atoms with Crippen LogP contribution in [-0.2, 0) is 16.6 Å². The van der Waals surface area contributed by atoms with E-state index in [1.807, 2.05) is 13.8 Å². The molecule has 0 radical (unpaired) electrons. The van der Waals surface area contributed by atoms with Crippen LogP contribution in [0.15, 0.2) is 48.5 Å². The fourth-order valence-corrected chi connectivity index (χ4v) is 3.42. The molecule has 0 heterocycles. The van der Waals surface area contributed by atoms with Crippen LogP contribution in [0, 0.1) is 5.92 Å². The van der Waals surface area contributed by atoms with Gasteiger partial charge in [0, 0.05) is 17.1 Å². The van der Waals surface area contributed by atoms with Gasteiger partial charge in [-0.05, 0) is 41.8 Å². The molecule has 0 aliphatic heterocycles. The Morgan fingerprint density at radius 1 is 1.15 bits per heavy atom. The molecular weight excluding hydrogens is 372 g/mol. The highest BCUT2D eigenvalue weighted by Crippen LogP contribution is 2.24. The van der Waals surface area contributed by atoms with E-state index in [0.29, 0.717) is 28.7 Å². The summed E-state index contributed by atoms with van der Waals surface area (Å²) in [5, 5.41) is 3.32. The average Bonchev–Trinajstić information content (AvgIpc) is 2.57. The number of benzene rings is 2. The van der Waals surface area contributed by atoms with E-state index in [2.05, 4.69) is 5.32 Å². The van der Waals surface area contributed by atoms with Crippen molar-refractivity contribution in [3.8, 4) is 0 Å². The van der Waals surface area contributed by atoms with Gasteiger partial charge in [-0.1, -0.05) is 43.6 Å². The minimum absolute atomic E-state index is 0.139. The average molecular weight is 395 g/mol. The van der Waals surface area contributed by atoms with E-state index in [0.717, 1.165) is 11.8 Å². The Kier molecular flexibility index (Phi) is 6.67. The molecule has 26 heavy (non-hydrogen) atoms. The zero-order chi connectivity index (χ0) is 19.3. The van der Waals surface area contributed by atoms with Gasteiger partial charge in [-0.2, -0.15) is 0 Å². The lowest BCUT2D eigenvalue weighted by Gasteiger charge is -2.22. The second-order valence-corrected chi connectivity index (χ2v) is 8.89. The molecule has 7 heteroatoms. The van der Waals surface area contributed by atoms with Gasteiger partial charge in [0.05, 0.1) is 18.5 Å². The highest BCUT2D eigenvalue weighted by Gasteiger charge is 2.18. The summed E-state index contributed by atoms with van der Waals surface area (Å²) in [5.74, 6) is 0.235. The molecule has 0 fully saturated rings. The van der Waals surface area contributed by atoms with Crippen LogP contribution in [0.5, 0.6) is 0 Å². The molecule has 0 aliphatic rings. The highest BCUT2D eigenvalue weighted by atomic mass is 35.5. The molecule has 0 bridgehead atoms. The van der Waals surface area contributed by atoms with Crippen molar-refractivity contribution in [1.82, 2.24) is 5.32 Å². The predicted molar refractivity (Wildman–Crippen MR) is 106 cm³/mol. The van der Waals surface area contributed by atoms with E-state index < -0.39 is 10.0 Å². The van der Waals surface area contributed by atoms with Crippen LogP contribution in [0.2, 0.25) is 5.02 Å². The van der Waals surface area contributed by atoms with Crippen molar-refractivity contribution in [3.05, 3.63) is 64.7 Å². The van der Waals surface area contributed by atoms with Crippen LogP contribution >= 0.6 is 11.6 Å². The minimum Gasteiger partial charge on any atom is -0.352 e. The first-order chi connectivity index (χ1) is 12.2. The van der Waals surface area contributed by atoms with Gasteiger partial charge in [-0.3, -0.25) is 9.10 Å². The highest BCUT2D eigenvalue weighted by molar-refractivity contribution is 7.92. The number of rotatable bonds is 7. The van der Waals surface area contributed by atoms with Crippen LogP contribution in [0.1, 0.15) is 29.8 Å². The fourth-order valence-electron chi connectivity index (χ4n) is 2.36. The molecule has 1 amide bonds. The maximum Gasteiger partial charge on any atom is 0.251 e. The molecule has 0 saturated carbocycles. The molecule has 1 N–H and O–H groups in total. The van der Waals surface area contributed by atoms with Gasteiger partial charge in [0.15, 0.2) is 0 Å². The zero-order valence-electron chi connectivity index (χ0n) is 15.1. The van der Waals surface area contributed by atoms with Gasteiger partial charge in [-0.25, -0.2) is 8.42 Å². The number of amides is 1. The summed E-state index contributed by atoms with van der Waals surface area (Å²) < 4.78 is 25.7. The molecule has 0 unspecified atom stereocenters. The molecule has 2 aromatic rings. The summed E-state index contributed by atoms with van der Waals surface area (Å²) in [5.41, 5.74) is 1.82. The quantitative estimate of drug-likeness (QED) is 0.778. The Hall–Kier alpha value is -2.05. The van der Waals surface area contributed by atoms with E-state index in [-0.39, 0.29) is 12.5 Å². The van der Waals surface area contributed by atoms with Gasteiger partial charge in [0.25, 0.3) is 5.91 Å². The second-order valence-electron chi connectivity index (χ2n) is 6.55. The summed E-state index contributed by atoms with van der Waals surface area (Å²) in [6.07, 6.45) is 1.15. The van der Waals surface area contributed by atoms with Gasteiger partial charge in [0.1, 0.15) is 0 Å². The summed E-state index contributed by atoms with van der Waals surface area (Å²) in [6.45, 7) is 4.82. The topological polar surface area (TPSA) is 66.5 Å². The maximum absolute atomic E-state index is 12.2. The number of hydrogen-bond acceptors (Lipinski definition) is 3. The van der Waals surface area contributed by atoms with Crippen molar-refractivity contribution in [2.24, 2.45) is 5.92 Å². The van der Waals surface area contributed by atoms with Crippen molar-refractivity contribution >= 4 is 33.2 Å². The lowest BCUT2D eigenvalue weighted by molar-refractivity contribution is 0.0949. The number of nitrogens with zero attached hydrogens (tertiary/aromatic N) is 1. The Morgan fingerprint density at radius 2 is 1.81 bits per heavy atom. The monoisotopic (exact) mass is 394 g/mol. The smallest absolute Gasteiger partial charge is 0.251 e. The van der Waals surface area contributed by atoms with Crippen LogP contribution in [-0.4, -0.2) is 27.1 Å². The fraction of sp³-hybridized carbons (Fsp3) is 0.316. The molecule has 2 aromatic carbocycles. The van der Waals surface area contributed by atoms with Gasteiger partial charge >= 0.3 is 0 Å². The van der Waals surface area contributed by atoms with Gasteiger partial charge in [0.2, 0.25) is 10.0 Å². The van der Waals surface area contributed by atoms with Crippen LogP contribution in [0.4, 0.5) is 5.69 Å². The van der Waals surface area contributed by atoms with Crippen molar-refractivity contribution in [2.45, 2.75) is 20.4 Å². The summed E-state index contributed by atoms with van der Waals surface area (Å²) in [7, 11) is -3.48. The number of nitrogens with one attached hydrogen (secondary N) is 1. The molecule has 0 aromatic heterocycles. The van der Waals surface area contributed by atoms with E-state index in [1.54, 1.807) is 48.5 Å². The van der Waals surface area contributed by atoms with E-state index in [4.69, 9.17) is 11.6 Å². The van der Waals surface area contributed by atoms with Crippen molar-refractivity contribution in [2.75, 3.05) is 17.1 Å². The molecule has 0 aliphatic carbocycles. The second kappa shape index (κ2) is 8.56. The minimum atomic E-state index is -3.48. The zero-order valence-corrected chi connectivity index (χ0v) is 16.6. The van der Waals surface area contributed by atoms with Crippen LogP contribution in [0.25, 0.3) is 0 Å². The lowest BCUT2D eigenvalue weighted by atomic mass is 10.1. The molecule has 0 atom stereocenters.